The van der Waals surface area contributed by atoms with Crippen molar-refractivity contribution in [3.05, 3.63) is 34.9 Å². The van der Waals surface area contributed by atoms with Crippen LogP contribution in [0.1, 0.15) is 30.5 Å². The van der Waals surface area contributed by atoms with E-state index < -0.39 is 0 Å². The molecule has 0 bridgehead atoms. The number of carbonyl (C=O) groups is 1. The Morgan fingerprint density at radius 1 is 1.28 bits per heavy atom. The molecule has 18 heavy (non-hydrogen) atoms. The Bertz CT molecular complexity index is 440. The molecular weight excluding hydrogens is 246 g/mol. The number of halogens is 1. The Morgan fingerprint density at radius 3 is 2.39 bits per heavy atom. The van der Waals surface area contributed by atoms with Crippen LogP contribution in [0.2, 0.25) is 0 Å². The second kappa shape index (κ2) is 5.75. The quantitative estimate of drug-likeness (QED) is 0.767. The fraction of sp³-hybridized carbons (Fsp3) is 0.533. The topological polar surface area (TPSA) is 20.3 Å². The molecule has 1 aromatic carbocycles. The van der Waals surface area contributed by atoms with Crippen LogP contribution >= 0.6 is 11.6 Å². The fourth-order valence-corrected chi connectivity index (χ4v) is 1.81. The van der Waals surface area contributed by atoms with Crippen LogP contribution in [0.25, 0.3) is 0 Å². The van der Waals surface area contributed by atoms with Crippen LogP contribution in [0.5, 0.6) is 0 Å². The molecule has 1 amide bonds. The molecule has 0 saturated carbocycles. The molecule has 0 fully saturated rings. The smallest absolute Gasteiger partial charge is 0.227 e. The third-order valence-corrected chi connectivity index (χ3v) is 4.19. The minimum absolute atomic E-state index is 0.101. The first-order valence-electron chi connectivity index (χ1n) is 6.16. The van der Waals surface area contributed by atoms with Crippen LogP contribution in [0.3, 0.4) is 0 Å². The average molecular weight is 268 g/mol. The zero-order valence-corrected chi connectivity index (χ0v) is 12.6. The highest BCUT2D eigenvalue weighted by atomic mass is 35.5. The van der Waals surface area contributed by atoms with Crippen molar-refractivity contribution in [1.29, 1.82) is 0 Å². The first-order valence-corrected chi connectivity index (χ1v) is 6.70. The summed E-state index contributed by atoms with van der Waals surface area (Å²) in [6.07, 6.45) is 0.429. The van der Waals surface area contributed by atoms with Gasteiger partial charge in [0.25, 0.3) is 0 Å². The highest BCUT2D eigenvalue weighted by Crippen LogP contribution is 2.17. The zero-order valence-electron chi connectivity index (χ0n) is 11.9. The molecule has 0 unspecified atom stereocenters. The highest BCUT2D eigenvalue weighted by molar-refractivity contribution is 6.18. The lowest BCUT2D eigenvalue weighted by Crippen LogP contribution is -2.47. The van der Waals surface area contributed by atoms with E-state index in [1.165, 1.54) is 11.1 Å². The number of likely N-dealkylation sites (N-methyl/N-ethyl adjacent to an activating group) is 1. The van der Waals surface area contributed by atoms with Gasteiger partial charge in [-0.25, -0.2) is 0 Å². The lowest BCUT2D eigenvalue weighted by atomic mass is 10.0. The minimum Gasteiger partial charge on any atom is -0.339 e. The summed E-state index contributed by atoms with van der Waals surface area (Å²) in [6, 6.07) is 6.15. The summed E-state index contributed by atoms with van der Waals surface area (Å²) in [5, 5.41) is 0. The first kappa shape index (κ1) is 15.0. The first-order chi connectivity index (χ1) is 8.27. The maximum atomic E-state index is 12.2. The van der Waals surface area contributed by atoms with Crippen molar-refractivity contribution in [2.75, 3.05) is 12.9 Å². The summed E-state index contributed by atoms with van der Waals surface area (Å²) >= 11 is 5.89. The predicted molar refractivity (Wildman–Crippen MR) is 77.2 cm³/mol. The van der Waals surface area contributed by atoms with E-state index in [2.05, 4.69) is 26.0 Å². The van der Waals surface area contributed by atoms with Crippen LogP contribution in [-0.2, 0) is 11.2 Å². The summed E-state index contributed by atoms with van der Waals surface area (Å²) < 4.78 is 0. The largest absolute Gasteiger partial charge is 0.339 e. The van der Waals surface area contributed by atoms with Crippen LogP contribution in [-0.4, -0.2) is 29.3 Å². The maximum absolute atomic E-state index is 12.2. The van der Waals surface area contributed by atoms with Crippen molar-refractivity contribution in [2.45, 2.75) is 39.7 Å². The van der Waals surface area contributed by atoms with Gasteiger partial charge < -0.3 is 4.90 Å². The Kier molecular flexibility index (Phi) is 4.80. The van der Waals surface area contributed by atoms with Crippen LogP contribution in [0, 0.1) is 13.8 Å². The Hall–Kier alpha value is -1.02. The van der Waals surface area contributed by atoms with Crippen molar-refractivity contribution in [2.24, 2.45) is 0 Å². The Morgan fingerprint density at radius 2 is 1.89 bits per heavy atom. The number of alkyl halides is 1. The average Bonchev–Trinajstić information content (AvgIpc) is 2.32. The molecule has 0 aromatic heterocycles. The number of hydrogen-bond donors (Lipinski definition) is 0. The van der Waals surface area contributed by atoms with Crippen molar-refractivity contribution in [3.63, 3.8) is 0 Å². The van der Waals surface area contributed by atoms with Gasteiger partial charge >= 0.3 is 0 Å². The van der Waals surface area contributed by atoms with Gasteiger partial charge in [0.05, 0.1) is 12.0 Å². The van der Waals surface area contributed by atoms with E-state index in [1.807, 2.05) is 27.0 Å². The molecule has 0 aliphatic carbocycles. The van der Waals surface area contributed by atoms with Crippen molar-refractivity contribution < 1.29 is 4.79 Å². The third-order valence-electron chi connectivity index (χ3n) is 3.54. The number of benzene rings is 1. The molecule has 0 aliphatic heterocycles. The molecule has 0 radical (unpaired) electrons. The molecule has 100 valence electrons. The second-order valence-electron chi connectivity index (χ2n) is 5.49. The van der Waals surface area contributed by atoms with Gasteiger partial charge in [-0.05, 0) is 44.4 Å². The molecule has 0 atom stereocenters. The van der Waals surface area contributed by atoms with E-state index in [1.54, 1.807) is 4.90 Å². The summed E-state index contributed by atoms with van der Waals surface area (Å²) in [4.78, 5) is 13.9. The molecule has 0 saturated heterocycles. The van der Waals surface area contributed by atoms with Crippen molar-refractivity contribution in [1.82, 2.24) is 4.90 Å². The van der Waals surface area contributed by atoms with Gasteiger partial charge in [-0.3, -0.25) is 4.79 Å². The maximum Gasteiger partial charge on any atom is 0.227 e. The normalized spacial score (nSPS) is 11.4. The van der Waals surface area contributed by atoms with Gasteiger partial charge in [-0.15, -0.1) is 11.6 Å². The number of rotatable bonds is 4. The second-order valence-corrected chi connectivity index (χ2v) is 5.76. The molecule has 1 aromatic rings. The van der Waals surface area contributed by atoms with E-state index in [4.69, 9.17) is 11.6 Å². The lowest BCUT2D eigenvalue weighted by Gasteiger charge is -2.34. The number of aryl methyl sites for hydroxylation is 2. The summed E-state index contributed by atoms with van der Waals surface area (Å²) in [7, 11) is 1.81. The van der Waals surface area contributed by atoms with E-state index >= 15 is 0 Å². The van der Waals surface area contributed by atoms with Crippen LogP contribution in [0.15, 0.2) is 18.2 Å². The van der Waals surface area contributed by atoms with Crippen molar-refractivity contribution in [3.8, 4) is 0 Å². The molecule has 1 rings (SSSR count). The van der Waals surface area contributed by atoms with Gasteiger partial charge in [-0.1, -0.05) is 18.2 Å². The molecule has 0 heterocycles. The van der Waals surface area contributed by atoms with Gasteiger partial charge in [0.15, 0.2) is 0 Å². The standard InChI is InChI=1S/C15H22ClNO/c1-11-6-7-13(8-12(11)2)9-14(18)17(5)15(3,4)10-16/h6-8H,9-10H2,1-5H3. The van der Waals surface area contributed by atoms with Gasteiger partial charge in [0.2, 0.25) is 5.91 Å². The fourth-order valence-electron chi connectivity index (χ4n) is 1.63. The monoisotopic (exact) mass is 267 g/mol. The molecule has 3 heteroatoms. The highest BCUT2D eigenvalue weighted by Gasteiger charge is 2.26. The van der Waals surface area contributed by atoms with Gasteiger partial charge in [-0.2, -0.15) is 0 Å². The number of nitrogens with zero attached hydrogens (tertiary/aromatic N) is 1. The van der Waals surface area contributed by atoms with E-state index in [9.17, 15) is 4.79 Å². The minimum atomic E-state index is -0.307. The Labute approximate surface area is 115 Å². The number of hydrogen-bond acceptors (Lipinski definition) is 1. The predicted octanol–water partition coefficient (Wildman–Crippen LogP) is 3.32. The molecule has 0 N–H and O–H groups in total. The van der Waals surface area contributed by atoms with Crippen molar-refractivity contribution >= 4 is 17.5 Å². The SMILES string of the molecule is Cc1ccc(CC(=O)N(C)C(C)(C)CCl)cc1C. The molecule has 0 aliphatic rings. The lowest BCUT2D eigenvalue weighted by molar-refractivity contribution is -0.133. The third kappa shape index (κ3) is 3.49. The summed E-state index contributed by atoms with van der Waals surface area (Å²) in [5.74, 6) is 0.534. The van der Waals surface area contributed by atoms with E-state index in [0.717, 1.165) is 5.56 Å². The van der Waals surface area contributed by atoms with Crippen LogP contribution < -0.4 is 0 Å². The van der Waals surface area contributed by atoms with Crippen LogP contribution in [0.4, 0.5) is 0 Å². The molecule has 0 spiro atoms. The number of carbonyl (C=O) groups excluding carboxylic acids is 1. The zero-order chi connectivity index (χ0) is 13.9. The molecule has 2 nitrogen and oxygen atoms in total. The van der Waals surface area contributed by atoms with E-state index in [0.29, 0.717) is 12.3 Å². The summed E-state index contributed by atoms with van der Waals surface area (Å²) in [6.45, 7) is 8.08. The van der Waals surface area contributed by atoms with E-state index in [-0.39, 0.29) is 11.4 Å². The van der Waals surface area contributed by atoms with Gasteiger partial charge in [0.1, 0.15) is 0 Å². The number of amides is 1. The van der Waals surface area contributed by atoms with Gasteiger partial charge in [0, 0.05) is 12.9 Å². The molecular formula is C15H22ClNO. The Balaban J connectivity index is 2.78. The summed E-state index contributed by atoms with van der Waals surface area (Å²) in [5.41, 5.74) is 3.22.